The van der Waals surface area contributed by atoms with Gasteiger partial charge in [-0.05, 0) is 32.0 Å². The second-order valence-electron chi connectivity index (χ2n) is 5.01. The molecule has 0 radical (unpaired) electrons. The molecule has 1 heterocycles. The smallest absolute Gasteiger partial charge is 0.292 e. The Hall–Kier alpha value is -1.60. The standard InChI is InChI=1S/C15H23N3O3S/c1-5-16(6-2)22(20,21)12-9-10-13-14(11-12)18(8-4)15(19)17(13)7-3/h9-11H,5-8H2,1-4H3. The zero-order chi connectivity index (χ0) is 16.5. The summed E-state index contributed by atoms with van der Waals surface area (Å²) in [6.45, 7) is 9.33. The number of fused-ring (bicyclic) bond motifs is 1. The summed E-state index contributed by atoms with van der Waals surface area (Å²) in [6.07, 6.45) is 0. The predicted molar refractivity (Wildman–Crippen MR) is 87.7 cm³/mol. The molecule has 2 rings (SSSR count). The summed E-state index contributed by atoms with van der Waals surface area (Å²) < 4.78 is 29.9. The second kappa shape index (κ2) is 6.26. The van der Waals surface area contributed by atoms with Crippen LogP contribution in [0.1, 0.15) is 27.7 Å². The summed E-state index contributed by atoms with van der Waals surface area (Å²) in [7, 11) is -3.52. The molecule has 0 N–H and O–H groups in total. The van der Waals surface area contributed by atoms with Crippen LogP contribution in [0.5, 0.6) is 0 Å². The molecule has 0 unspecified atom stereocenters. The summed E-state index contributed by atoms with van der Waals surface area (Å²) in [4.78, 5) is 12.6. The Bertz CT molecular complexity index is 830. The van der Waals surface area contributed by atoms with E-state index in [9.17, 15) is 13.2 Å². The first-order chi connectivity index (χ1) is 10.4. The van der Waals surface area contributed by atoms with Crippen molar-refractivity contribution >= 4 is 21.1 Å². The fourth-order valence-electron chi connectivity index (χ4n) is 2.78. The van der Waals surface area contributed by atoms with Gasteiger partial charge in [-0.3, -0.25) is 9.13 Å². The zero-order valence-electron chi connectivity index (χ0n) is 13.5. The van der Waals surface area contributed by atoms with Gasteiger partial charge in [-0.15, -0.1) is 0 Å². The van der Waals surface area contributed by atoms with Gasteiger partial charge in [0, 0.05) is 26.2 Å². The highest BCUT2D eigenvalue weighted by Gasteiger charge is 2.23. The maximum atomic E-state index is 12.6. The Labute approximate surface area is 131 Å². The average molecular weight is 325 g/mol. The Kier molecular flexibility index (Phi) is 4.77. The lowest BCUT2D eigenvalue weighted by atomic mass is 10.3. The number of aryl methyl sites for hydroxylation is 2. The zero-order valence-corrected chi connectivity index (χ0v) is 14.4. The van der Waals surface area contributed by atoms with Crippen LogP contribution in [0.4, 0.5) is 0 Å². The monoisotopic (exact) mass is 325 g/mol. The highest BCUT2D eigenvalue weighted by atomic mass is 32.2. The molecule has 0 saturated carbocycles. The first-order valence-corrected chi connectivity index (χ1v) is 9.09. The molecule has 0 amide bonds. The van der Waals surface area contributed by atoms with Crippen LogP contribution in [0.15, 0.2) is 27.9 Å². The molecule has 0 aliphatic rings. The number of sulfonamides is 1. The van der Waals surface area contributed by atoms with Crippen LogP contribution in [-0.4, -0.2) is 34.9 Å². The number of hydrogen-bond donors (Lipinski definition) is 0. The van der Waals surface area contributed by atoms with Crippen LogP contribution in [0.2, 0.25) is 0 Å². The third-order valence-corrected chi connectivity index (χ3v) is 6.01. The number of nitrogens with zero attached hydrogens (tertiary/aromatic N) is 3. The molecular formula is C15H23N3O3S. The number of benzene rings is 1. The lowest BCUT2D eigenvalue weighted by Gasteiger charge is -2.18. The minimum atomic E-state index is -3.52. The fraction of sp³-hybridized carbons (Fsp3) is 0.533. The van der Waals surface area contributed by atoms with E-state index in [1.165, 1.54) is 4.31 Å². The Morgan fingerprint density at radius 1 is 0.955 bits per heavy atom. The van der Waals surface area contributed by atoms with Gasteiger partial charge in [0.05, 0.1) is 15.9 Å². The highest BCUT2D eigenvalue weighted by Crippen LogP contribution is 2.21. The number of hydrogen-bond acceptors (Lipinski definition) is 3. The van der Waals surface area contributed by atoms with E-state index in [2.05, 4.69) is 0 Å². The van der Waals surface area contributed by atoms with Crippen molar-refractivity contribution in [2.24, 2.45) is 0 Å². The van der Waals surface area contributed by atoms with Crippen molar-refractivity contribution in [3.8, 4) is 0 Å². The van der Waals surface area contributed by atoms with Crippen molar-refractivity contribution in [1.29, 1.82) is 0 Å². The van der Waals surface area contributed by atoms with E-state index < -0.39 is 10.0 Å². The van der Waals surface area contributed by atoms with Crippen LogP contribution in [0.25, 0.3) is 11.0 Å². The number of aromatic nitrogens is 2. The van der Waals surface area contributed by atoms with Crippen molar-refractivity contribution in [3.05, 3.63) is 28.7 Å². The SMILES string of the molecule is CCN(CC)S(=O)(=O)c1ccc2c(c1)n(CC)c(=O)n2CC. The quantitative estimate of drug-likeness (QED) is 0.814. The van der Waals surface area contributed by atoms with Crippen molar-refractivity contribution in [3.63, 3.8) is 0 Å². The minimum Gasteiger partial charge on any atom is -0.292 e. The molecular weight excluding hydrogens is 302 g/mol. The lowest BCUT2D eigenvalue weighted by Crippen LogP contribution is -2.30. The maximum Gasteiger partial charge on any atom is 0.329 e. The summed E-state index contributed by atoms with van der Waals surface area (Å²) in [5, 5.41) is 0. The molecule has 122 valence electrons. The van der Waals surface area contributed by atoms with Gasteiger partial charge in [0.1, 0.15) is 0 Å². The maximum absolute atomic E-state index is 12.6. The van der Waals surface area contributed by atoms with Crippen LogP contribution < -0.4 is 5.69 Å². The summed E-state index contributed by atoms with van der Waals surface area (Å²) >= 11 is 0. The van der Waals surface area contributed by atoms with E-state index in [0.717, 1.165) is 5.52 Å². The van der Waals surface area contributed by atoms with Gasteiger partial charge in [-0.25, -0.2) is 13.2 Å². The normalized spacial score (nSPS) is 12.4. The molecule has 1 aromatic carbocycles. The third-order valence-electron chi connectivity index (χ3n) is 3.97. The van der Waals surface area contributed by atoms with Gasteiger partial charge >= 0.3 is 5.69 Å². The minimum absolute atomic E-state index is 0.0996. The largest absolute Gasteiger partial charge is 0.329 e. The van der Waals surface area contributed by atoms with Gasteiger partial charge < -0.3 is 0 Å². The van der Waals surface area contributed by atoms with E-state index in [0.29, 0.717) is 31.7 Å². The van der Waals surface area contributed by atoms with E-state index in [4.69, 9.17) is 0 Å². The number of rotatable bonds is 6. The Morgan fingerprint density at radius 2 is 1.50 bits per heavy atom. The molecule has 0 spiro atoms. The Balaban J connectivity index is 2.73. The molecule has 1 aromatic heterocycles. The van der Waals surface area contributed by atoms with E-state index in [-0.39, 0.29) is 10.6 Å². The van der Waals surface area contributed by atoms with Crippen molar-refractivity contribution in [2.45, 2.75) is 45.7 Å². The highest BCUT2D eigenvalue weighted by molar-refractivity contribution is 7.89. The topological polar surface area (TPSA) is 64.3 Å². The lowest BCUT2D eigenvalue weighted by molar-refractivity contribution is 0.445. The molecule has 22 heavy (non-hydrogen) atoms. The molecule has 2 aromatic rings. The summed E-state index contributed by atoms with van der Waals surface area (Å²) in [6, 6.07) is 4.92. The first-order valence-electron chi connectivity index (χ1n) is 7.65. The molecule has 0 atom stereocenters. The van der Waals surface area contributed by atoms with Gasteiger partial charge in [0.25, 0.3) is 0 Å². The van der Waals surface area contributed by atoms with Crippen LogP contribution in [0, 0.1) is 0 Å². The third kappa shape index (κ3) is 2.48. The molecule has 0 bridgehead atoms. The molecule has 6 nitrogen and oxygen atoms in total. The van der Waals surface area contributed by atoms with Crippen molar-refractivity contribution in [2.75, 3.05) is 13.1 Å². The van der Waals surface area contributed by atoms with E-state index in [1.54, 1.807) is 27.3 Å². The summed E-state index contributed by atoms with van der Waals surface area (Å²) in [5.74, 6) is 0. The van der Waals surface area contributed by atoms with Gasteiger partial charge in [-0.2, -0.15) is 4.31 Å². The first kappa shape index (κ1) is 16.8. The van der Waals surface area contributed by atoms with Crippen LogP contribution in [-0.2, 0) is 23.1 Å². The summed E-state index contributed by atoms with van der Waals surface area (Å²) in [5.41, 5.74) is 1.34. The van der Waals surface area contributed by atoms with Crippen molar-refractivity contribution in [1.82, 2.24) is 13.4 Å². The Morgan fingerprint density at radius 3 is 2.00 bits per heavy atom. The molecule has 0 aliphatic heterocycles. The average Bonchev–Trinajstić information content (AvgIpc) is 2.77. The van der Waals surface area contributed by atoms with Gasteiger partial charge in [-0.1, -0.05) is 13.8 Å². The molecule has 0 aliphatic carbocycles. The fourth-order valence-corrected chi connectivity index (χ4v) is 4.26. The van der Waals surface area contributed by atoms with Gasteiger partial charge in [0.2, 0.25) is 10.0 Å². The molecule has 0 saturated heterocycles. The predicted octanol–water partition coefficient (Wildman–Crippen LogP) is 1.87. The number of imidazole rings is 1. The second-order valence-corrected chi connectivity index (χ2v) is 6.95. The molecule has 7 heteroatoms. The van der Waals surface area contributed by atoms with Crippen LogP contribution in [0.3, 0.4) is 0 Å². The van der Waals surface area contributed by atoms with Gasteiger partial charge in [0.15, 0.2) is 0 Å². The van der Waals surface area contributed by atoms with E-state index >= 15 is 0 Å². The molecule has 0 fully saturated rings. The van der Waals surface area contributed by atoms with Crippen molar-refractivity contribution < 1.29 is 8.42 Å². The van der Waals surface area contributed by atoms with Crippen LogP contribution >= 0.6 is 0 Å². The van der Waals surface area contributed by atoms with E-state index in [1.807, 2.05) is 27.7 Å².